The van der Waals surface area contributed by atoms with E-state index in [9.17, 15) is 14.4 Å². The monoisotopic (exact) mass is 430 g/mol. The quantitative estimate of drug-likeness (QED) is 0.462. The maximum absolute atomic E-state index is 12.3. The number of anilines is 4. The molecule has 0 bridgehead atoms. The van der Waals surface area contributed by atoms with Gasteiger partial charge in [-0.05, 0) is 42.8 Å². The second kappa shape index (κ2) is 11.2. The van der Waals surface area contributed by atoms with Gasteiger partial charge in [-0.15, -0.1) is 0 Å². The third kappa shape index (κ3) is 7.40. The van der Waals surface area contributed by atoms with Crippen molar-refractivity contribution in [2.75, 3.05) is 27.8 Å². The van der Waals surface area contributed by atoms with Crippen LogP contribution in [0.5, 0.6) is 0 Å². The molecular weight excluding hydrogens is 404 g/mol. The number of carbonyl (C=O) groups excluding carboxylic acids is 3. The summed E-state index contributed by atoms with van der Waals surface area (Å²) < 4.78 is 0. The fourth-order valence-corrected chi connectivity index (χ4v) is 2.72. The molecule has 0 aromatic heterocycles. The van der Waals surface area contributed by atoms with Crippen molar-refractivity contribution in [3.8, 4) is 0 Å². The van der Waals surface area contributed by atoms with Crippen LogP contribution in [0.25, 0.3) is 0 Å². The van der Waals surface area contributed by atoms with Gasteiger partial charge in [0, 0.05) is 29.4 Å². The van der Waals surface area contributed by atoms with E-state index in [-0.39, 0.29) is 30.2 Å². The molecule has 0 radical (unpaired) electrons. The fourth-order valence-electron chi connectivity index (χ4n) is 2.53. The minimum absolute atomic E-state index is 0.0192. The van der Waals surface area contributed by atoms with Crippen LogP contribution in [0.1, 0.15) is 33.6 Å². The second-order valence-corrected chi connectivity index (χ2v) is 7.53. The molecule has 0 aliphatic rings. The number of rotatable bonds is 9. The van der Waals surface area contributed by atoms with Gasteiger partial charge < -0.3 is 21.3 Å². The lowest BCUT2D eigenvalue weighted by Crippen LogP contribution is -2.22. The average molecular weight is 431 g/mol. The average Bonchev–Trinajstić information content (AvgIpc) is 2.68. The number of halogens is 1. The first-order valence-electron chi connectivity index (χ1n) is 9.82. The summed E-state index contributed by atoms with van der Waals surface area (Å²) in [6.45, 7) is 5.53. The smallest absolute Gasteiger partial charge is 0.243 e. The molecule has 0 unspecified atom stereocenters. The first kappa shape index (κ1) is 23.2. The van der Waals surface area contributed by atoms with Gasteiger partial charge in [-0.2, -0.15) is 0 Å². The van der Waals surface area contributed by atoms with Gasteiger partial charge in [-0.3, -0.25) is 14.4 Å². The molecule has 0 saturated carbocycles. The van der Waals surface area contributed by atoms with Crippen LogP contribution < -0.4 is 21.3 Å². The van der Waals surface area contributed by atoms with E-state index in [1.54, 1.807) is 42.5 Å². The molecule has 3 amide bonds. The maximum Gasteiger partial charge on any atom is 0.243 e. The Kier molecular flexibility index (Phi) is 8.68. The Bertz CT molecular complexity index is 915. The zero-order valence-corrected chi connectivity index (χ0v) is 18.1. The van der Waals surface area contributed by atoms with Gasteiger partial charge in [-0.25, -0.2) is 0 Å². The molecule has 0 spiro atoms. The number of carbonyl (C=O) groups is 3. The summed E-state index contributed by atoms with van der Waals surface area (Å²) in [5, 5.41) is 11.8. The first-order valence-corrected chi connectivity index (χ1v) is 10.2. The number of hydrogen-bond acceptors (Lipinski definition) is 4. The Morgan fingerprint density at radius 1 is 0.900 bits per heavy atom. The summed E-state index contributed by atoms with van der Waals surface area (Å²) in [6.07, 6.45) is 1.19. The molecule has 0 saturated heterocycles. The maximum atomic E-state index is 12.3. The lowest BCUT2D eigenvalue weighted by molar-refractivity contribution is -0.119. The van der Waals surface area contributed by atoms with Crippen molar-refractivity contribution in [2.24, 2.45) is 5.92 Å². The fraction of sp³-hybridized carbons (Fsp3) is 0.318. The van der Waals surface area contributed by atoms with Crippen LogP contribution in [0, 0.1) is 5.92 Å². The Balaban J connectivity index is 1.95. The predicted molar refractivity (Wildman–Crippen MR) is 122 cm³/mol. The van der Waals surface area contributed by atoms with Crippen molar-refractivity contribution in [3.05, 3.63) is 47.5 Å². The van der Waals surface area contributed by atoms with Crippen LogP contribution in [0.2, 0.25) is 5.02 Å². The zero-order valence-electron chi connectivity index (χ0n) is 17.3. The molecule has 2 aromatic carbocycles. The van der Waals surface area contributed by atoms with E-state index < -0.39 is 0 Å². The van der Waals surface area contributed by atoms with Gasteiger partial charge in [0.25, 0.3) is 0 Å². The highest BCUT2D eigenvalue weighted by molar-refractivity contribution is 6.33. The van der Waals surface area contributed by atoms with Crippen molar-refractivity contribution in [1.29, 1.82) is 0 Å². The Morgan fingerprint density at radius 2 is 1.53 bits per heavy atom. The third-order valence-electron chi connectivity index (χ3n) is 4.10. The van der Waals surface area contributed by atoms with E-state index in [1.807, 2.05) is 20.8 Å². The van der Waals surface area contributed by atoms with Gasteiger partial charge in [-0.1, -0.05) is 38.4 Å². The summed E-state index contributed by atoms with van der Waals surface area (Å²) in [4.78, 5) is 35.9. The molecule has 30 heavy (non-hydrogen) atoms. The summed E-state index contributed by atoms with van der Waals surface area (Å²) in [5.74, 6) is -0.591. The molecule has 0 aliphatic heterocycles. The van der Waals surface area contributed by atoms with Crippen LogP contribution >= 0.6 is 11.6 Å². The minimum Gasteiger partial charge on any atom is -0.375 e. The van der Waals surface area contributed by atoms with Crippen LogP contribution in [0.4, 0.5) is 22.7 Å². The van der Waals surface area contributed by atoms with Gasteiger partial charge in [0.1, 0.15) is 0 Å². The second-order valence-electron chi connectivity index (χ2n) is 7.12. The van der Waals surface area contributed by atoms with E-state index in [1.165, 1.54) is 0 Å². The molecule has 8 heteroatoms. The van der Waals surface area contributed by atoms with Crippen molar-refractivity contribution in [2.45, 2.75) is 33.6 Å². The standard InChI is InChI=1S/C22H27ClN4O3/c1-4-6-20(28)25-17-9-10-18(23)19(12-17)24-13-21(29)26-15-7-5-8-16(11-15)27-22(30)14(2)3/h5,7-12,14,24H,4,6,13H2,1-3H3,(H,25,28)(H,26,29)(H,27,30). The highest BCUT2D eigenvalue weighted by atomic mass is 35.5. The highest BCUT2D eigenvalue weighted by Gasteiger charge is 2.10. The zero-order chi connectivity index (χ0) is 22.1. The van der Waals surface area contributed by atoms with Crippen molar-refractivity contribution < 1.29 is 14.4 Å². The minimum atomic E-state index is -0.279. The summed E-state index contributed by atoms with van der Waals surface area (Å²) >= 11 is 6.19. The molecule has 2 rings (SSSR count). The first-order chi connectivity index (χ1) is 14.3. The summed E-state index contributed by atoms with van der Waals surface area (Å²) in [5.41, 5.74) is 2.32. The third-order valence-corrected chi connectivity index (χ3v) is 4.43. The number of amides is 3. The SMILES string of the molecule is CCCC(=O)Nc1ccc(Cl)c(NCC(=O)Nc2cccc(NC(=O)C(C)C)c2)c1. The summed E-state index contributed by atoms with van der Waals surface area (Å²) in [6, 6.07) is 12.0. The van der Waals surface area contributed by atoms with E-state index >= 15 is 0 Å². The largest absolute Gasteiger partial charge is 0.375 e. The number of hydrogen-bond donors (Lipinski definition) is 4. The molecule has 0 fully saturated rings. The Morgan fingerprint density at radius 3 is 2.20 bits per heavy atom. The van der Waals surface area contributed by atoms with Crippen LogP contribution in [-0.4, -0.2) is 24.3 Å². The van der Waals surface area contributed by atoms with Crippen LogP contribution in [-0.2, 0) is 14.4 Å². The predicted octanol–water partition coefficient (Wildman–Crippen LogP) is 4.72. The molecule has 160 valence electrons. The summed E-state index contributed by atoms with van der Waals surface area (Å²) in [7, 11) is 0. The molecule has 0 heterocycles. The van der Waals surface area contributed by atoms with E-state index in [2.05, 4.69) is 21.3 Å². The lowest BCUT2D eigenvalue weighted by atomic mass is 10.2. The normalized spacial score (nSPS) is 10.4. The van der Waals surface area contributed by atoms with E-state index in [4.69, 9.17) is 11.6 Å². The van der Waals surface area contributed by atoms with Crippen LogP contribution in [0.15, 0.2) is 42.5 Å². The lowest BCUT2D eigenvalue weighted by Gasteiger charge is -2.12. The molecule has 4 N–H and O–H groups in total. The van der Waals surface area contributed by atoms with Gasteiger partial charge in [0.05, 0.1) is 17.3 Å². The molecule has 0 atom stereocenters. The number of benzene rings is 2. The van der Waals surface area contributed by atoms with Gasteiger partial charge >= 0.3 is 0 Å². The molecular formula is C22H27ClN4O3. The van der Waals surface area contributed by atoms with Gasteiger partial charge in [0.15, 0.2) is 0 Å². The van der Waals surface area contributed by atoms with Crippen molar-refractivity contribution in [3.63, 3.8) is 0 Å². The Labute approximate surface area is 181 Å². The topological polar surface area (TPSA) is 99.3 Å². The highest BCUT2D eigenvalue weighted by Crippen LogP contribution is 2.25. The molecule has 2 aromatic rings. The number of nitrogens with one attached hydrogen (secondary N) is 4. The van der Waals surface area contributed by atoms with Crippen molar-refractivity contribution >= 4 is 52.1 Å². The molecule has 0 aliphatic carbocycles. The molecule has 7 nitrogen and oxygen atoms in total. The Hall–Kier alpha value is -3.06. The van der Waals surface area contributed by atoms with Crippen molar-refractivity contribution in [1.82, 2.24) is 0 Å². The van der Waals surface area contributed by atoms with E-state index in [0.29, 0.717) is 34.2 Å². The van der Waals surface area contributed by atoms with E-state index in [0.717, 1.165) is 6.42 Å². The van der Waals surface area contributed by atoms with Crippen LogP contribution in [0.3, 0.4) is 0 Å². The van der Waals surface area contributed by atoms with Gasteiger partial charge in [0.2, 0.25) is 17.7 Å².